The Labute approximate surface area is 174 Å². The first kappa shape index (κ1) is 22.5. The smallest absolute Gasteiger partial charge is 0.153 e. The predicted octanol–water partition coefficient (Wildman–Crippen LogP) is 5.74. The molecule has 0 aromatic heterocycles. The van der Waals surface area contributed by atoms with E-state index in [2.05, 4.69) is 39.6 Å². The highest BCUT2D eigenvalue weighted by atomic mass is 79.9. The highest BCUT2D eigenvalue weighted by Gasteiger charge is 2.37. The van der Waals surface area contributed by atoms with Crippen LogP contribution >= 0.6 is 15.9 Å². The average Bonchev–Trinajstić information content (AvgIpc) is 2.76. The van der Waals surface area contributed by atoms with Crippen molar-refractivity contribution in [1.29, 1.82) is 0 Å². The van der Waals surface area contributed by atoms with Crippen molar-refractivity contribution in [3.63, 3.8) is 0 Å². The van der Waals surface area contributed by atoms with Crippen molar-refractivity contribution in [2.45, 2.75) is 70.3 Å². The molecule has 3 heteroatoms. The van der Waals surface area contributed by atoms with Gasteiger partial charge in [-0.1, -0.05) is 90.7 Å². The Kier molecular flexibility index (Phi) is 10.5. The van der Waals surface area contributed by atoms with Crippen molar-refractivity contribution in [1.82, 2.24) is 4.90 Å². The number of hydrogen-bond acceptors (Lipinski definition) is 2. The van der Waals surface area contributed by atoms with Crippen LogP contribution in [0.15, 0.2) is 30.3 Å². The van der Waals surface area contributed by atoms with Crippen molar-refractivity contribution in [3.8, 4) is 11.8 Å². The summed E-state index contributed by atoms with van der Waals surface area (Å²) >= 11 is 3.25. The van der Waals surface area contributed by atoms with Crippen LogP contribution in [0.5, 0.6) is 0 Å². The summed E-state index contributed by atoms with van der Waals surface area (Å²) in [5.74, 6) is 6.88. The topological polar surface area (TPSA) is 23.5 Å². The Morgan fingerprint density at radius 1 is 1.04 bits per heavy atom. The van der Waals surface area contributed by atoms with Crippen LogP contribution in [0.4, 0.5) is 0 Å². The van der Waals surface area contributed by atoms with E-state index in [1.807, 2.05) is 30.3 Å². The van der Waals surface area contributed by atoms with Gasteiger partial charge in [0.15, 0.2) is 5.60 Å². The third-order valence-electron chi connectivity index (χ3n) is 5.63. The van der Waals surface area contributed by atoms with E-state index >= 15 is 0 Å². The van der Waals surface area contributed by atoms with Crippen LogP contribution in [0.25, 0.3) is 0 Å². The van der Waals surface area contributed by atoms with Gasteiger partial charge in [0.05, 0.1) is 6.54 Å². The van der Waals surface area contributed by atoms with E-state index in [1.54, 1.807) is 0 Å². The first-order valence-corrected chi connectivity index (χ1v) is 11.9. The fourth-order valence-corrected chi connectivity index (χ4v) is 4.03. The maximum absolute atomic E-state index is 11.4. The van der Waals surface area contributed by atoms with Crippen molar-refractivity contribution >= 4 is 15.9 Å². The van der Waals surface area contributed by atoms with Gasteiger partial charge in [0.2, 0.25) is 0 Å². The SMILES string of the molecule is CCCBr.OC(C#CCN1CCCCC1)(c1ccccc1)C1CCCCC1. The molecular formula is C24H36BrNO. The molecule has 1 aromatic carbocycles. The number of likely N-dealkylation sites (tertiary alicyclic amines) is 1. The quantitative estimate of drug-likeness (QED) is 0.483. The van der Waals surface area contributed by atoms with Crippen LogP contribution in [0.3, 0.4) is 0 Å². The zero-order chi connectivity index (χ0) is 19.4. The van der Waals surface area contributed by atoms with Gasteiger partial charge in [-0.25, -0.2) is 0 Å². The molecule has 1 aliphatic heterocycles. The maximum Gasteiger partial charge on any atom is 0.153 e. The van der Waals surface area contributed by atoms with Gasteiger partial charge in [-0.15, -0.1) is 0 Å². The summed E-state index contributed by atoms with van der Waals surface area (Å²) < 4.78 is 0. The molecule has 0 amide bonds. The number of alkyl halides is 1. The summed E-state index contributed by atoms with van der Waals surface area (Å²) in [5.41, 5.74) is -0.00432. The molecule has 1 atom stereocenters. The summed E-state index contributed by atoms with van der Waals surface area (Å²) in [6.07, 6.45) is 11.1. The molecule has 1 saturated heterocycles. The zero-order valence-electron chi connectivity index (χ0n) is 16.9. The van der Waals surface area contributed by atoms with Crippen LogP contribution in [-0.4, -0.2) is 35.0 Å². The fraction of sp³-hybridized carbons (Fsp3) is 0.667. The summed E-state index contributed by atoms with van der Waals surface area (Å²) in [6, 6.07) is 10.1. The second-order valence-electron chi connectivity index (χ2n) is 7.79. The van der Waals surface area contributed by atoms with E-state index in [9.17, 15) is 5.11 Å². The standard InChI is InChI=1S/C21H29NO.C3H7Br/c23-21(19-11-4-1-5-12-19,20-13-6-2-7-14-20)15-10-18-22-16-8-3-9-17-22;1-2-3-4/h1,4-5,11-12,20,23H,2-3,6-9,13-14,16-18H2;2-3H2,1H3. The van der Waals surface area contributed by atoms with Crippen molar-refractivity contribution in [2.24, 2.45) is 5.92 Å². The van der Waals surface area contributed by atoms with Gasteiger partial charge in [-0.3, -0.25) is 4.90 Å². The van der Waals surface area contributed by atoms with Gasteiger partial charge in [0, 0.05) is 11.2 Å². The maximum atomic E-state index is 11.4. The van der Waals surface area contributed by atoms with Gasteiger partial charge < -0.3 is 5.11 Å². The number of hydrogen-bond donors (Lipinski definition) is 1. The average molecular weight is 434 g/mol. The van der Waals surface area contributed by atoms with Crippen LogP contribution in [0.2, 0.25) is 0 Å². The number of halogens is 1. The lowest BCUT2D eigenvalue weighted by atomic mass is 9.73. The molecule has 1 saturated carbocycles. The molecule has 0 bridgehead atoms. The lowest BCUT2D eigenvalue weighted by Crippen LogP contribution is -2.36. The zero-order valence-corrected chi connectivity index (χ0v) is 18.5. The summed E-state index contributed by atoms with van der Waals surface area (Å²) in [5, 5.41) is 12.6. The number of aliphatic hydroxyl groups is 1. The Morgan fingerprint density at radius 3 is 2.22 bits per heavy atom. The van der Waals surface area contributed by atoms with Crippen molar-refractivity contribution in [2.75, 3.05) is 25.0 Å². The third-order valence-corrected chi connectivity index (χ3v) is 6.42. The number of benzene rings is 1. The molecule has 1 unspecified atom stereocenters. The highest BCUT2D eigenvalue weighted by Crippen LogP contribution is 2.39. The highest BCUT2D eigenvalue weighted by molar-refractivity contribution is 9.09. The van der Waals surface area contributed by atoms with Crippen molar-refractivity contribution < 1.29 is 5.11 Å². The van der Waals surface area contributed by atoms with Crippen LogP contribution in [0.1, 0.15) is 70.3 Å². The van der Waals surface area contributed by atoms with E-state index in [-0.39, 0.29) is 5.92 Å². The first-order chi connectivity index (χ1) is 13.2. The number of piperidine rings is 1. The Morgan fingerprint density at radius 2 is 1.63 bits per heavy atom. The van der Waals surface area contributed by atoms with Crippen molar-refractivity contribution in [3.05, 3.63) is 35.9 Å². The van der Waals surface area contributed by atoms with E-state index in [0.717, 1.165) is 43.4 Å². The van der Waals surface area contributed by atoms with Gasteiger partial charge >= 0.3 is 0 Å². The normalized spacial score (nSPS) is 20.6. The fourth-order valence-electron chi connectivity index (χ4n) is 4.03. The Balaban J connectivity index is 0.000000596. The van der Waals surface area contributed by atoms with E-state index in [1.165, 1.54) is 44.9 Å². The molecule has 2 fully saturated rings. The molecular weight excluding hydrogens is 398 g/mol. The lowest BCUT2D eigenvalue weighted by molar-refractivity contribution is 0.0158. The predicted molar refractivity (Wildman–Crippen MR) is 119 cm³/mol. The summed E-state index contributed by atoms with van der Waals surface area (Å²) in [7, 11) is 0. The minimum atomic E-state index is -0.975. The van der Waals surface area contributed by atoms with E-state index in [0.29, 0.717) is 0 Å². The Hall–Kier alpha value is -0.820. The molecule has 150 valence electrons. The molecule has 0 radical (unpaired) electrons. The van der Waals surface area contributed by atoms with Gasteiger partial charge in [-0.05, 0) is 50.8 Å². The van der Waals surface area contributed by atoms with E-state index < -0.39 is 5.60 Å². The molecule has 0 spiro atoms. The summed E-state index contributed by atoms with van der Waals surface area (Å²) in [4.78, 5) is 2.42. The molecule has 1 aliphatic carbocycles. The van der Waals surface area contributed by atoms with E-state index in [4.69, 9.17) is 0 Å². The molecule has 1 N–H and O–H groups in total. The molecule has 3 rings (SSSR count). The molecule has 2 aliphatic rings. The van der Waals surface area contributed by atoms with Crippen LogP contribution in [-0.2, 0) is 5.60 Å². The number of nitrogens with zero attached hydrogens (tertiary/aromatic N) is 1. The van der Waals surface area contributed by atoms with Gasteiger partial charge in [0.1, 0.15) is 0 Å². The van der Waals surface area contributed by atoms with Crippen LogP contribution < -0.4 is 0 Å². The minimum Gasteiger partial charge on any atom is -0.373 e. The third kappa shape index (κ3) is 7.26. The second kappa shape index (κ2) is 12.6. The second-order valence-corrected chi connectivity index (χ2v) is 8.59. The molecule has 2 nitrogen and oxygen atoms in total. The molecule has 27 heavy (non-hydrogen) atoms. The van der Waals surface area contributed by atoms with Crippen LogP contribution in [0, 0.1) is 17.8 Å². The van der Waals surface area contributed by atoms with Gasteiger partial charge in [-0.2, -0.15) is 0 Å². The summed E-state index contributed by atoms with van der Waals surface area (Å²) in [6.45, 7) is 5.24. The molecule has 1 heterocycles. The first-order valence-electron chi connectivity index (χ1n) is 10.8. The monoisotopic (exact) mass is 433 g/mol. The Bertz CT molecular complexity index is 565. The largest absolute Gasteiger partial charge is 0.373 e. The minimum absolute atomic E-state index is 0.271. The number of rotatable bonds is 4. The van der Waals surface area contributed by atoms with Gasteiger partial charge in [0.25, 0.3) is 0 Å². The lowest BCUT2D eigenvalue weighted by Gasteiger charge is -2.35. The molecule has 1 aromatic rings.